The predicted octanol–water partition coefficient (Wildman–Crippen LogP) is 1.71. The molecule has 1 aromatic carbocycles. The third kappa shape index (κ3) is 3.42. The average Bonchev–Trinajstić information content (AvgIpc) is 3.09. The fraction of sp³-hybridized carbons (Fsp3) is 0.333. The van der Waals surface area contributed by atoms with Gasteiger partial charge in [-0.2, -0.15) is 0 Å². The summed E-state index contributed by atoms with van der Waals surface area (Å²) in [4.78, 5) is 12.1. The molecular formula is C15H15FN2O4S. The van der Waals surface area contributed by atoms with E-state index in [2.05, 4.69) is 10.5 Å². The number of carbonyl (C=O) groups is 1. The zero-order valence-corrected chi connectivity index (χ0v) is 13.2. The second-order valence-electron chi connectivity index (χ2n) is 5.61. The van der Waals surface area contributed by atoms with E-state index in [1.165, 1.54) is 12.1 Å². The molecule has 8 heteroatoms. The average molecular weight is 338 g/mol. The number of benzene rings is 1. The lowest BCUT2D eigenvalue weighted by Crippen LogP contribution is -2.35. The van der Waals surface area contributed by atoms with E-state index in [1.807, 2.05) is 0 Å². The van der Waals surface area contributed by atoms with Crippen LogP contribution in [0.25, 0.3) is 11.3 Å². The van der Waals surface area contributed by atoms with Crippen LogP contribution < -0.4 is 5.32 Å². The Bertz CT molecular complexity index is 860. The molecule has 1 saturated heterocycles. The standard InChI is InChI=1S/C15H15FN2O4S/c1-9-2-3-10(6-12(9)16)14-7-13(18-22-14)15(19)17-11-4-5-23(20,21)8-11/h2-3,6-7,11H,4-5,8H2,1H3,(H,17,19). The molecule has 122 valence electrons. The van der Waals surface area contributed by atoms with Crippen LogP contribution in [0.3, 0.4) is 0 Å². The molecule has 1 aromatic heterocycles. The Morgan fingerprint density at radius 2 is 2.17 bits per heavy atom. The van der Waals surface area contributed by atoms with E-state index in [9.17, 15) is 17.6 Å². The molecular weight excluding hydrogens is 323 g/mol. The fourth-order valence-corrected chi connectivity index (χ4v) is 4.11. The van der Waals surface area contributed by atoms with Gasteiger partial charge in [0.1, 0.15) is 5.82 Å². The molecule has 6 nitrogen and oxygen atoms in total. The minimum Gasteiger partial charge on any atom is -0.355 e. The van der Waals surface area contributed by atoms with E-state index in [-0.39, 0.29) is 28.8 Å². The third-order valence-electron chi connectivity index (χ3n) is 3.77. The highest BCUT2D eigenvalue weighted by atomic mass is 32.2. The number of aromatic nitrogens is 1. The summed E-state index contributed by atoms with van der Waals surface area (Å²) in [6.07, 6.45) is 0.391. The number of aryl methyl sites for hydroxylation is 1. The third-order valence-corrected chi connectivity index (χ3v) is 5.53. The van der Waals surface area contributed by atoms with E-state index in [0.717, 1.165) is 0 Å². The van der Waals surface area contributed by atoms with Crippen molar-refractivity contribution in [1.29, 1.82) is 0 Å². The maximum atomic E-state index is 13.6. The van der Waals surface area contributed by atoms with Gasteiger partial charge in [0.05, 0.1) is 11.5 Å². The summed E-state index contributed by atoms with van der Waals surface area (Å²) in [6.45, 7) is 1.65. The second-order valence-corrected chi connectivity index (χ2v) is 7.84. The van der Waals surface area contributed by atoms with Gasteiger partial charge >= 0.3 is 0 Å². The van der Waals surface area contributed by atoms with E-state index in [0.29, 0.717) is 17.5 Å². The molecule has 0 radical (unpaired) electrons. The first-order chi connectivity index (χ1) is 10.8. The van der Waals surface area contributed by atoms with Crippen LogP contribution in [0.5, 0.6) is 0 Å². The zero-order chi connectivity index (χ0) is 16.6. The van der Waals surface area contributed by atoms with Crippen molar-refractivity contribution in [1.82, 2.24) is 10.5 Å². The minimum absolute atomic E-state index is 0.0327. The van der Waals surface area contributed by atoms with Gasteiger partial charge < -0.3 is 9.84 Å². The lowest BCUT2D eigenvalue weighted by atomic mass is 10.1. The van der Waals surface area contributed by atoms with Gasteiger partial charge in [-0.1, -0.05) is 17.3 Å². The topological polar surface area (TPSA) is 89.3 Å². The number of carbonyl (C=O) groups excluding carboxylic acids is 1. The van der Waals surface area contributed by atoms with Crippen molar-refractivity contribution in [2.24, 2.45) is 0 Å². The number of nitrogens with one attached hydrogen (secondary N) is 1. The number of hydrogen-bond donors (Lipinski definition) is 1. The highest BCUT2D eigenvalue weighted by molar-refractivity contribution is 7.91. The molecule has 1 aliphatic rings. The number of rotatable bonds is 3. The molecule has 0 saturated carbocycles. The van der Waals surface area contributed by atoms with Crippen molar-refractivity contribution >= 4 is 15.7 Å². The summed E-state index contributed by atoms with van der Waals surface area (Å²) in [7, 11) is -3.07. The van der Waals surface area contributed by atoms with Crippen molar-refractivity contribution in [3.8, 4) is 11.3 Å². The van der Waals surface area contributed by atoms with Crippen molar-refractivity contribution in [3.05, 3.63) is 41.3 Å². The van der Waals surface area contributed by atoms with Gasteiger partial charge in [0.15, 0.2) is 21.3 Å². The normalized spacial score (nSPS) is 19.7. The quantitative estimate of drug-likeness (QED) is 0.920. The number of hydrogen-bond acceptors (Lipinski definition) is 5. The first kappa shape index (κ1) is 15.7. The Labute approximate surface area is 132 Å². The Morgan fingerprint density at radius 1 is 1.39 bits per heavy atom. The van der Waals surface area contributed by atoms with E-state index >= 15 is 0 Å². The number of halogens is 1. The molecule has 1 N–H and O–H groups in total. The summed E-state index contributed by atoms with van der Waals surface area (Å²) in [5, 5.41) is 6.29. The van der Waals surface area contributed by atoms with Crippen LogP contribution in [0.15, 0.2) is 28.8 Å². The highest BCUT2D eigenvalue weighted by Crippen LogP contribution is 2.23. The Balaban J connectivity index is 1.73. The molecule has 0 bridgehead atoms. The molecule has 0 spiro atoms. The molecule has 2 aromatic rings. The van der Waals surface area contributed by atoms with Crippen LogP contribution in [-0.2, 0) is 9.84 Å². The van der Waals surface area contributed by atoms with Gasteiger partial charge in [-0.25, -0.2) is 12.8 Å². The smallest absolute Gasteiger partial charge is 0.273 e. The Kier molecular flexibility index (Phi) is 3.93. The lowest BCUT2D eigenvalue weighted by molar-refractivity contribution is 0.0932. The van der Waals surface area contributed by atoms with E-state index in [1.54, 1.807) is 19.1 Å². The first-order valence-corrected chi connectivity index (χ1v) is 8.91. The van der Waals surface area contributed by atoms with Crippen molar-refractivity contribution in [2.45, 2.75) is 19.4 Å². The number of nitrogens with zero attached hydrogens (tertiary/aromatic N) is 1. The second kappa shape index (κ2) is 5.77. The van der Waals surface area contributed by atoms with E-state index in [4.69, 9.17) is 4.52 Å². The monoisotopic (exact) mass is 338 g/mol. The predicted molar refractivity (Wildman–Crippen MR) is 81.2 cm³/mol. The van der Waals surface area contributed by atoms with E-state index < -0.39 is 21.8 Å². The van der Waals surface area contributed by atoms with Crippen LogP contribution in [0, 0.1) is 12.7 Å². The van der Waals surface area contributed by atoms with Crippen LogP contribution in [0.2, 0.25) is 0 Å². The van der Waals surface area contributed by atoms with Gasteiger partial charge in [0.2, 0.25) is 0 Å². The molecule has 1 atom stereocenters. The summed E-state index contributed by atoms with van der Waals surface area (Å²) < 4.78 is 41.4. The largest absolute Gasteiger partial charge is 0.355 e. The summed E-state index contributed by atoms with van der Waals surface area (Å²) >= 11 is 0. The van der Waals surface area contributed by atoms with Crippen LogP contribution >= 0.6 is 0 Å². The van der Waals surface area contributed by atoms with Crippen molar-refractivity contribution in [3.63, 3.8) is 0 Å². The zero-order valence-electron chi connectivity index (χ0n) is 12.4. The number of sulfone groups is 1. The maximum Gasteiger partial charge on any atom is 0.273 e. The van der Waals surface area contributed by atoms with Gasteiger partial charge in [-0.15, -0.1) is 0 Å². The van der Waals surface area contributed by atoms with Crippen molar-refractivity contribution < 1.29 is 22.1 Å². The SMILES string of the molecule is Cc1ccc(-c2cc(C(=O)NC3CCS(=O)(=O)C3)no2)cc1F. The van der Waals surface area contributed by atoms with Crippen LogP contribution in [-0.4, -0.2) is 37.0 Å². The maximum absolute atomic E-state index is 13.6. The minimum atomic E-state index is -3.07. The van der Waals surface area contributed by atoms with Gasteiger partial charge in [0, 0.05) is 17.7 Å². The molecule has 1 amide bonds. The summed E-state index contributed by atoms with van der Waals surface area (Å²) in [5.41, 5.74) is 1.02. The van der Waals surface area contributed by atoms with Crippen molar-refractivity contribution in [2.75, 3.05) is 11.5 Å². The Morgan fingerprint density at radius 3 is 2.83 bits per heavy atom. The number of amides is 1. The molecule has 1 aliphatic heterocycles. The molecule has 23 heavy (non-hydrogen) atoms. The first-order valence-electron chi connectivity index (χ1n) is 7.08. The molecule has 2 heterocycles. The van der Waals surface area contributed by atoms with Gasteiger partial charge in [0.25, 0.3) is 5.91 Å². The lowest BCUT2D eigenvalue weighted by Gasteiger charge is -2.08. The van der Waals surface area contributed by atoms with Gasteiger partial charge in [-0.05, 0) is 25.0 Å². The molecule has 1 unspecified atom stereocenters. The van der Waals surface area contributed by atoms with Gasteiger partial charge in [-0.3, -0.25) is 4.79 Å². The van der Waals surface area contributed by atoms with Crippen LogP contribution in [0.1, 0.15) is 22.5 Å². The summed E-state index contributed by atoms with van der Waals surface area (Å²) in [5.74, 6) is -0.596. The molecule has 0 aliphatic carbocycles. The highest BCUT2D eigenvalue weighted by Gasteiger charge is 2.29. The molecule has 1 fully saturated rings. The molecule has 3 rings (SSSR count). The fourth-order valence-electron chi connectivity index (χ4n) is 2.43. The van der Waals surface area contributed by atoms with Crippen LogP contribution in [0.4, 0.5) is 4.39 Å². The Hall–Kier alpha value is -2.22. The summed E-state index contributed by atoms with van der Waals surface area (Å²) in [6, 6.07) is 5.58.